The number of benzene rings is 1. The maximum Gasteiger partial charge on any atom is 0.118 e. The van der Waals surface area contributed by atoms with Gasteiger partial charge in [-0.1, -0.05) is 15.9 Å². The van der Waals surface area contributed by atoms with Gasteiger partial charge in [0, 0.05) is 17.4 Å². The van der Waals surface area contributed by atoms with Gasteiger partial charge in [-0.2, -0.15) is 0 Å². The van der Waals surface area contributed by atoms with Crippen molar-refractivity contribution >= 4 is 15.9 Å². The molecule has 1 fully saturated rings. The smallest absolute Gasteiger partial charge is 0.118 e. The molecule has 1 aliphatic rings. The van der Waals surface area contributed by atoms with E-state index in [-0.39, 0.29) is 5.75 Å². The van der Waals surface area contributed by atoms with Gasteiger partial charge < -0.3 is 15.5 Å². The van der Waals surface area contributed by atoms with Crippen LogP contribution in [0.15, 0.2) is 22.7 Å². The molecule has 0 aromatic heterocycles. The fourth-order valence-electron chi connectivity index (χ4n) is 2.15. The third-order valence-corrected chi connectivity index (χ3v) is 3.50. The lowest BCUT2D eigenvalue weighted by Crippen LogP contribution is -2.47. The van der Waals surface area contributed by atoms with Crippen LogP contribution in [0, 0.1) is 0 Å². The highest BCUT2D eigenvalue weighted by atomic mass is 79.9. The number of hydrogen-bond acceptors (Lipinski definition) is 3. The Morgan fingerprint density at radius 3 is 2.94 bits per heavy atom. The third-order valence-electron chi connectivity index (χ3n) is 3.01. The molecule has 1 aromatic carbocycles. The summed E-state index contributed by atoms with van der Waals surface area (Å²) in [5.74, 6) is 0.252. The van der Waals surface area contributed by atoms with Crippen LogP contribution in [0.2, 0.25) is 0 Å². The van der Waals surface area contributed by atoms with E-state index in [4.69, 9.17) is 0 Å². The Kier molecular flexibility index (Phi) is 3.52. The van der Waals surface area contributed by atoms with Crippen molar-refractivity contribution < 1.29 is 10.2 Å². The van der Waals surface area contributed by atoms with Gasteiger partial charge in [0.1, 0.15) is 5.75 Å². The van der Waals surface area contributed by atoms with E-state index in [0.717, 1.165) is 29.4 Å². The van der Waals surface area contributed by atoms with Gasteiger partial charge in [-0.15, -0.1) is 0 Å². The molecule has 3 N–H and O–H groups in total. The summed E-state index contributed by atoms with van der Waals surface area (Å²) in [5, 5.41) is 23.3. The summed E-state index contributed by atoms with van der Waals surface area (Å²) in [4.78, 5) is 0. The zero-order chi connectivity index (χ0) is 11.6. The second-order valence-corrected chi connectivity index (χ2v) is 5.37. The predicted octanol–water partition coefficient (Wildman–Crippen LogP) is 1.81. The largest absolute Gasteiger partial charge is 0.508 e. The highest BCUT2D eigenvalue weighted by Gasteiger charge is 2.30. The Labute approximate surface area is 104 Å². The van der Waals surface area contributed by atoms with Crippen molar-refractivity contribution in [1.29, 1.82) is 0 Å². The van der Waals surface area contributed by atoms with Crippen LogP contribution in [-0.2, 0) is 6.42 Å². The molecule has 0 saturated carbocycles. The number of β-amino-alcohol motifs (C(OH)–C–C–N with tert-alkyl or cyclic N) is 1. The molecular weight excluding hydrogens is 270 g/mol. The van der Waals surface area contributed by atoms with Gasteiger partial charge in [-0.05, 0) is 43.1 Å². The van der Waals surface area contributed by atoms with Crippen molar-refractivity contribution in [2.45, 2.75) is 24.9 Å². The van der Waals surface area contributed by atoms with E-state index in [1.165, 1.54) is 0 Å². The number of phenols is 1. The van der Waals surface area contributed by atoms with Crippen LogP contribution in [0.3, 0.4) is 0 Å². The molecular formula is C12H16BrNO2. The van der Waals surface area contributed by atoms with Gasteiger partial charge in [0.15, 0.2) is 0 Å². The van der Waals surface area contributed by atoms with E-state index >= 15 is 0 Å². The number of phenolic OH excluding ortho intramolecular Hbond substituents is 1. The lowest BCUT2D eigenvalue weighted by atomic mass is 9.87. The Morgan fingerprint density at radius 1 is 1.44 bits per heavy atom. The second-order valence-electron chi connectivity index (χ2n) is 4.45. The van der Waals surface area contributed by atoms with E-state index in [2.05, 4.69) is 21.2 Å². The van der Waals surface area contributed by atoms with Crippen molar-refractivity contribution in [3.05, 3.63) is 28.2 Å². The van der Waals surface area contributed by atoms with E-state index in [1.807, 2.05) is 6.07 Å². The predicted molar refractivity (Wildman–Crippen MR) is 66.6 cm³/mol. The van der Waals surface area contributed by atoms with Gasteiger partial charge in [0.25, 0.3) is 0 Å². The lowest BCUT2D eigenvalue weighted by molar-refractivity contribution is 0.0164. The van der Waals surface area contributed by atoms with Crippen molar-refractivity contribution in [2.75, 3.05) is 13.1 Å². The van der Waals surface area contributed by atoms with Crippen LogP contribution in [0.5, 0.6) is 5.75 Å². The molecule has 1 saturated heterocycles. The Morgan fingerprint density at radius 2 is 2.25 bits per heavy atom. The van der Waals surface area contributed by atoms with Crippen LogP contribution in [0.4, 0.5) is 0 Å². The van der Waals surface area contributed by atoms with Crippen molar-refractivity contribution in [3.8, 4) is 5.75 Å². The van der Waals surface area contributed by atoms with E-state index in [9.17, 15) is 10.2 Å². The minimum absolute atomic E-state index is 0.252. The van der Waals surface area contributed by atoms with Crippen LogP contribution in [0.1, 0.15) is 18.4 Å². The fourth-order valence-corrected chi connectivity index (χ4v) is 2.56. The van der Waals surface area contributed by atoms with Gasteiger partial charge >= 0.3 is 0 Å². The van der Waals surface area contributed by atoms with Gasteiger partial charge in [-0.25, -0.2) is 0 Å². The molecule has 0 radical (unpaired) electrons. The normalized spacial score (nSPS) is 25.6. The molecule has 0 amide bonds. The molecule has 1 aromatic rings. The van der Waals surface area contributed by atoms with Crippen LogP contribution in [-0.4, -0.2) is 28.9 Å². The monoisotopic (exact) mass is 285 g/mol. The average Bonchev–Trinajstić information content (AvgIpc) is 2.24. The molecule has 0 spiro atoms. The molecule has 3 nitrogen and oxygen atoms in total. The van der Waals surface area contributed by atoms with Gasteiger partial charge in [0.2, 0.25) is 0 Å². The zero-order valence-electron chi connectivity index (χ0n) is 9.04. The summed E-state index contributed by atoms with van der Waals surface area (Å²) in [6.45, 7) is 1.56. The minimum atomic E-state index is -0.726. The highest BCUT2D eigenvalue weighted by Crippen LogP contribution is 2.28. The van der Waals surface area contributed by atoms with Crippen molar-refractivity contribution in [1.82, 2.24) is 5.32 Å². The number of halogens is 1. The average molecular weight is 286 g/mol. The quantitative estimate of drug-likeness (QED) is 0.777. The topological polar surface area (TPSA) is 52.5 Å². The Balaban J connectivity index is 2.15. The molecule has 1 heterocycles. The number of aromatic hydroxyl groups is 1. The summed E-state index contributed by atoms with van der Waals surface area (Å²) in [6.07, 6.45) is 2.25. The molecule has 1 aliphatic heterocycles. The van der Waals surface area contributed by atoms with E-state index < -0.39 is 5.60 Å². The SMILES string of the molecule is Oc1ccc(Br)cc1CC1(O)CCCNC1. The summed E-state index contributed by atoms with van der Waals surface area (Å²) in [5.41, 5.74) is 0.0665. The first-order chi connectivity index (χ1) is 7.59. The summed E-state index contributed by atoms with van der Waals surface area (Å²) < 4.78 is 0.924. The molecule has 0 bridgehead atoms. The van der Waals surface area contributed by atoms with Crippen molar-refractivity contribution in [2.24, 2.45) is 0 Å². The standard InChI is InChI=1S/C12H16BrNO2/c13-10-2-3-11(15)9(6-10)7-12(16)4-1-5-14-8-12/h2-3,6,14-16H,1,4-5,7-8H2. The first kappa shape index (κ1) is 11.9. The first-order valence-corrected chi connectivity index (χ1v) is 6.29. The summed E-state index contributed by atoms with van der Waals surface area (Å²) >= 11 is 3.37. The molecule has 88 valence electrons. The van der Waals surface area contributed by atoms with Crippen LogP contribution >= 0.6 is 15.9 Å². The fraction of sp³-hybridized carbons (Fsp3) is 0.500. The second kappa shape index (κ2) is 4.73. The number of aliphatic hydroxyl groups is 1. The van der Waals surface area contributed by atoms with Gasteiger partial charge in [0.05, 0.1) is 5.60 Å². The van der Waals surface area contributed by atoms with E-state index in [1.54, 1.807) is 12.1 Å². The van der Waals surface area contributed by atoms with Crippen LogP contribution in [0.25, 0.3) is 0 Å². The van der Waals surface area contributed by atoms with Gasteiger partial charge in [-0.3, -0.25) is 0 Å². The molecule has 4 heteroatoms. The Bertz CT molecular complexity index is 375. The van der Waals surface area contributed by atoms with E-state index in [0.29, 0.717) is 13.0 Å². The number of rotatable bonds is 2. The maximum absolute atomic E-state index is 10.4. The highest BCUT2D eigenvalue weighted by molar-refractivity contribution is 9.10. The summed E-state index contributed by atoms with van der Waals surface area (Å²) in [6, 6.07) is 5.31. The van der Waals surface area contributed by atoms with Crippen molar-refractivity contribution in [3.63, 3.8) is 0 Å². The zero-order valence-corrected chi connectivity index (χ0v) is 10.6. The number of nitrogens with one attached hydrogen (secondary N) is 1. The molecule has 1 atom stereocenters. The molecule has 0 aliphatic carbocycles. The molecule has 1 unspecified atom stereocenters. The minimum Gasteiger partial charge on any atom is -0.508 e. The Hall–Kier alpha value is -0.580. The number of piperidine rings is 1. The van der Waals surface area contributed by atoms with Crippen LogP contribution < -0.4 is 5.32 Å². The lowest BCUT2D eigenvalue weighted by Gasteiger charge is -2.33. The third kappa shape index (κ3) is 2.75. The maximum atomic E-state index is 10.4. The first-order valence-electron chi connectivity index (χ1n) is 5.50. The summed E-state index contributed by atoms with van der Waals surface area (Å²) in [7, 11) is 0. The number of hydrogen-bond donors (Lipinski definition) is 3. The molecule has 2 rings (SSSR count). The molecule has 16 heavy (non-hydrogen) atoms.